The number of carbonyl (C=O) groups is 1. The molecule has 1 fully saturated rings. The molecule has 10 nitrogen and oxygen atoms in total. The maximum Gasteiger partial charge on any atom is 0.324 e. The van der Waals surface area contributed by atoms with Gasteiger partial charge in [-0.25, -0.2) is 0 Å². The van der Waals surface area contributed by atoms with Crippen LogP contribution < -0.4 is 20.7 Å². The van der Waals surface area contributed by atoms with Crippen molar-refractivity contribution in [1.82, 2.24) is 20.9 Å². The summed E-state index contributed by atoms with van der Waals surface area (Å²) in [4.78, 5) is 15.6. The molecule has 224 valence electrons. The third-order valence-corrected chi connectivity index (χ3v) is 6.03. The summed E-state index contributed by atoms with van der Waals surface area (Å²) < 4.78 is 27.9. The first-order valence-corrected chi connectivity index (χ1v) is 14.4. The minimum Gasteiger partial charge on any atom is -0.491 e. The summed E-state index contributed by atoms with van der Waals surface area (Å²) in [6, 6.07) is 7.58. The molecule has 1 aromatic carbocycles. The molecule has 0 spiro atoms. The van der Waals surface area contributed by atoms with Gasteiger partial charge >= 0.3 is 5.97 Å². The van der Waals surface area contributed by atoms with Crippen LogP contribution in [0.5, 0.6) is 5.75 Å². The van der Waals surface area contributed by atoms with E-state index in [9.17, 15) is 4.79 Å². The van der Waals surface area contributed by atoms with Crippen molar-refractivity contribution in [2.75, 3.05) is 98.6 Å². The molecule has 1 heterocycles. The molecule has 1 saturated heterocycles. The molecule has 0 saturated carbocycles. The van der Waals surface area contributed by atoms with E-state index in [1.807, 2.05) is 52.0 Å². The molecule has 3 N–H and O–H groups in total. The summed E-state index contributed by atoms with van der Waals surface area (Å²) in [7, 11) is 0. The van der Waals surface area contributed by atoms with Crippen LogP contribution in [0.2, 0.25) is 0 Å². The molecule has 0 unspecified atom stereocenters. The van der Waals surface area contributed by atoms with E-state index in [-0.39, 0.29) is 12.0 Å². The van der Waals surface area contributed by atoms with E-state index >= 15 is 0 Å². The summed E-state index contributed by atoms with van der Waals surface area (Å²) in [5.74, 6) is 0.591. The van der Waals surface area contributed by atoms with Crippen LogP contribution in [0.15, 0.2) is 24.3 Å². The maximum absolute atomic E-state index is 13.4. The lowest BCUT2D eigenvalue weighted by Crippen LogP contribution is -2.51. The highest BCUT2D eigenvalue weighted by atomic mass is 16.6. The summed E-state index contributed by atoms with van der Waals surface area (Å²) in [5, 5.41) is 10.4. The fourth-order valence-electron chi connectivity index (χ4n) is 4.08. The number of esters is 1. The first kappa shape index (κ1) is 33.4. The molecule has 1 aliphatic rings. The minimum atomic E-state index is -0.542. The first-order valence-electron chi connectivity index (χ1n) is 14.4. The van der Waals surface area contributed by atoms with E-state index in [1.165, 1.54) is 0 Å². The zero-order chi connectivity index (χ0) is 28.2. The smallest absolute Gasteiger partial charge is 0.324 e. The van der Waals surface area contributed by atoms with Crippen LogP contribution in [-0.4, -0.2) is 121 Å². The molecule has 1 aromatic rings. The van der Waals surface area contributed by atoms with Crippen molar-refractivity contribution in [3.63, 3.8) is 0 Å². The number of nitrogens with one attached hydrogen (secondary N) is 3. The monoisotopic (exact) mass is 552 g/mol. The van der Waals surface area contributed by atoms with Crippen LogP contribution in [0.3, 0.4) is 0 Å². The molecule has 0 amide bonds. The van der Waals surface area contributed by atoms with Gasteiger partial charge in [0.25, 0.3) is 0 Å². The molecule has 0 bridgehead atoms. The lowest BCUT2D eigenvalue weighted by Gasteiger charge is -2.33. The number of hydrogen-bond acceptors (Lipinski definition) is 10. The largest absolute Gasteiger partial charge is 0.491 e. The summed E-state index contributed by atoms with van der Waals surface area (Å²) in [6.45, 7) is 18.5. The second-order valence-corrected chi connectivity index (χ2v) is 10.5. The van der Waals surface area contributed by atoms with E-state index < -0.39 is 5.60 Å². The van der Waals surface area contributed by atoms with Gasteiger partial charge in [0, 0.05) is 59.0 Å². The lowest BCUT2D eigenvalue weighted by atomic mass is 10.0. The summed E-state index contributed by atoms with van der Waals surface area (Å²) >= 11 is 0. The second kappa shape index (κ2) is 20.1. The predicted octanol–water partition coefficient (Wildman–Crippen LogP) is 1.47. The Bertz CT molecular complexity index is 747. The Morgan fingerprint density at radius 3 is 1.85 bits per heavy atom. The molecule has 1 atom stereocenters. The Hall–Kier alpha value is -1.79. The number of rotatable bonds is 15. The van der Waals surface area contributed by atoms with Crippen LogP contribution in [0.25, 0.3) is 0 Å². The number of carbonyl (C=O) groups excluding carboxylic acids is 1. The molecule has 10 heteroatoms. The van der Waals surface area contributed by atoms with Crippen LogP contribution in [0.4, 0.5) is 0 Å². The molecular formula is C29H52N4O6. The highest BCUT2D eigenvalue weighted by Crippen LogP contribution is 2.18. The Kier molecular flexibility index (Phi) is 17.3. The summed E-state index contributed by atoms with van der Waals surface area (Å²) in [5.41, 5.74) is 0.522. The fourth-order valence-corrected chi connectivity index (χ4v) is 4.08. The molecule has 0 aromatic heterocycles. The van der Waals surface area contributed by atoms with Gasteiger partial charge in [0.05, 0.1) is 33.0 Å². The Morgan fingerprint density at radius 2 is 1.31 bits per heavy atom. The molecule has 39 heavy (non-hydrogen) atoms. The zero-order valence-corrected chi connectivity index (χ0v) is 24.6. The molecule has 1 aliphatic heterocycles. The Balaban J connectivity index is 1.88. The van der Waals surface area contributed by atoms with Crippen molar-refractivity contribution in [2.45, 2.75) is 45.8 Å². The van der Waals surface area contributed by atoms with Crippen LogP contribution >= 0.6 is 0 Å². The number of ether oxygens (including phenoxy) is 5. The number of hydrogen-bond donors (Lipinski definition) is 3. The highest BCUT2D eigenvalue weighted by molar-refractivity contribution is 5.76. The van der Waals surface area contributed by atoms with Gasteiger partial charge in [-0.2, -0.15) is 0 Å². The molecule has 2 rings (SSSR count). The van der Waals surface area contributed by atoms with Crippen LogP contribution in [0, 0.1) is 0 Å². The van der Waals surface area contributed by atoms with Crippen LogP contribution in [-0.2, 0) is 30.2 Å². The standard InChI is InChI=1S/C29H52N4O6/c1-5-35-18-19-36-20-21-37-22-23-38-26-8-6-25(7-9-26)24-27(28(34)39-29(2,3)4)33-16-14-31-12-10-30-11-13-32-15-17-33/h6-9,27,30-32H,5,10-24H2,1-4H3/t27-/m0/s1. The topological polar surface area (TPSA) is 103 Å². The summed E-state index contributed by atoms with van der Waals surface area (Å²) in [6.07, 6.45) is 0.573. The maximum atomic E-state index is 13.4. The quantitative estimate of drug-likeness (QED) is 0.219. The van der Waals surface area contributed by atoms with Gasteiger partial charge in [0.1, 0.15) is 24.0 Å². The van der Waals surface area contributed by atoms with Gasteiger partial charge in [0.15, 0.2) is 0 Å². The van der Waals surface area contributed by atoms with Crippen molar-refractivity contribution in [1.29, 1.82) is 0 Å². The van der Waals surface area contributed by atoms with Crippen molar-refractivity contribution in [3.05, 3.63) is 29.8 Å². The predicted molar refractivity (Wildman–Crippen MR) is 154 cm³/mol. The number of nitrogens with zero attached hydrogens (tertiary/aromatic N) is 1. The van der Waals surface area contributed by atoms with Crippen molar-refractivity contribution < 1.29 is 28.5 Å². The van der Waals surface area contributed by atoms with Crippen LogP contribution in [0.1, 0.15) is 33.3 Å². The van der Waals surface area contributed by atoms with E-state index in [0.717, 1.165) is 63.7 Å². The zero-order valence-electron chi connectivity index (χ0n) is 24.6. The number of benzene rings is 1. The second-order valence-electron chi connectivity index (χ2n) is 10.5. The van der Waals surface area contributed by atoms with E-state index in [0.29, 0.717) is 52.7 Å². The SMILES string of the molecule is CCOCCOCCOCCOc1ccc(C[C@@H](C(=O)OC(C)(C)C)N2CCNCCNCCNCC2)cc1. The highest BCUT2D eigenvalue weighted by Gasteiger charge is 2.30. The van der Waals surface area contributed by atoms with E-state index in [4.69, 9.17) is 23.7 Å². The van der Waals surface area contributed by atoms with Gasteiger partial charge in [-0.1, -0.05) is 12.1 Å². The van der Waals surface area contributed by atoms with Gasteiger partial charge < -0.3 is 39.6 Å². The van der Waals surface area contributed by atoms with Gasteiger partial charge in [-0.05, 0) is 51.8 Å². The fraction of sp³-hybridized carbons (Fsp3) is 0.759. The van der Waals surface area contributed by atoms with Gasteiger partial charge in [0.2, 0.25) is 0 Å². The van der Waals surface area contributed by atoms with E-state index in [2.05, 4.69) is 20.9 Å². The van der Waals surface area contributed by atoms with Gasteiger partial charge in [-0.15, -0.1) is 0 Å². The normalized spacial score (nSPS) is 17.1. The molecular weight excluding hydrogens is 500 g/mol. The van der Waals surface area contributed by atoms with Crippen molar-refractivity contribution in [2.24, 2.45) is 0 Å². The molecule has 0 aliphatic carbocycles. The average Bonchev–Trinajstić information content (AvgIpc) is 2.89. The Morgan fingerprint density at radius 1 is 0.795 bits per heavy atom. The van der Waals surface area contributed by atoms with Gasteiger partial charge in [-0.3, -0.25) is 9.69 Å². The third kappa shape index (κ3) is 16.2. The lowest BCUT2D eigenvalue weighted by molar-refractivity contribution is -0.161. The minimum absolute atomic E-state index is 0.185. The van der Waals surface area contributed by atoms with Crippen molar-refractivity contribution in [3.8, 4) is 5.75 Å². The molecule has 0 radical (unpaired) electrons. The average molecular weight is 553 g/mol. The third-order valence-electron chi connectivity index (χ3n) is 6.03. The van der Waals surface area contributed by atoms with Crippen molar-refractivity contribution >= 4 is 5.97 Å². The Labute approximate surface area is 235 Å². The van der Waals surface area contributed by atoms with E-state index in [1.54, 1.807) is 0 Å². The first-order chi connectivity index (χ1) is 18.9.